The Bertz CT molecular complexity index is 463. The largest absolute Gasteiger partial charge is 0.418 e. The average Bonchev–Trinajstić information content (AvgIpc) is 2.18. The lowest BCUT2D eigenvalue weighted by Crippen LogP contribution is -2.25. The van der Waals surface area contributed by atoms with Gasteiger partial charge in [0.05, 0.1) is 5.57 Å². The molecular weight excluding hydrogens is 237 g/mol. The van der Waals surface area contributed by atoms with Crippen molar-refractivity contribution in [3.63, 3.8) is 0 Å². The zero-order valence-electron chi connectivity index (χ0n) is 8.35. The maximum atomic E-state index is 12.7. The molecule has 0 atom stereocenters. The van der Waals surface area contributed by atoms with Gasteiger partial charge in [0.15, 0.2) is 0 Å². The molecule has 0 aliphatic carbocycles. The summed E-state index contributed by atoms with van der Waals surface area (Å²) in [4.78, 5) is 3.45. The summed E-state index contributed by atoms with van der Waals surface area (Å²) >= 11 is 4.66. The fourth-order valence-corrected chi connectivity index (χ4v) is 1.61. The number of hydrogen-bond donors (Lipinski definition) is 0. The van der Waals surface area contributed by atoms with E-state index < -0.39 is 17.3 Å². The van der Waals surface area contributed by atoms with E-state index in [-0.39, 0.29) is 22.7 Å². The van der Waals surface area contributed by atoms with Crippen LogP contribution >= 0.6 is 12.2 Å². The normalized spacial score (nSPS) is 17.3. The molecule has 6 heteroatoms. The van der Waals surface area contributed by atoms with Crippen molar-refractivity contribution in [2.75, 3.05) is 0 Å². The van der Waals surface area contributed by atoms with Crippen molar-refractivity contribution in [2.45, 2.75) is 19.5 Å². The molecule has 1 aliphatic heterocycles. The summed E-state index contributed by atoms with van der Waals surface area (Å²) in [7, 11) is 0. The molecule has 0 bridgehead atoms. The van der Waals surface area contributed by atoms with E-state index in [1.54, 1.807) is 6.92 Å². The number of thiocarbonyl (C=S) groups is 1. The standard InChI is InChI=1S/C10H7F3N2S/c1-3-7-5(2)8(10(11,12)13)6(4-14)9(16)15-7/h2-3H2,1H3. The number of rotatable bonds is 1. The Kier molecular flexibility index (Phi) is 3.29. The van der Waals surface area contributed by atoms with E-state index in [0.717, 1.165) is 0 Å². The fraction of sp³-hybridized carbons (Fsp3) is 0.300. The van der Waals surface area contributed by atoms with Gasteiger partial charge >= 0.3 is 6.18 Å². The Morgan fingerprint density at radius 1 is 1.50 bits per heavy atom. The molecule has 0 aromatic carbocycles. The highest BCUT2D eigenvalue weighted by atomic mass is 32.1. The van der Waals surface area contributed by atoms with Gasteiger partial charge in [0.1, 0.15) is 16.6 Å². The Morgan fingerprint density at radius 3 is 2.44 bits per heavy atom. The molecule has 0 N–H and O–H groups in total. The summed E-state index contributed by atoms with van der Waals surface area (Å²) in [5, 5.41) is 8.67. The van der Waals surface area contributed by atoms with Gasteiger partial charge in [0.2, 0.25) is 0 Å². The van der Waals surface area contributed by atoms with Gasteiger partial charge in [0, 0.05) is 11.3 Å². The smallest absolute Gasteiger partial charge is 0.240 e. The number of dihydropyridines is 1. The molecule has 1 rings (SSSR count). The first kappa shape index (κ1) is 12.6. The first-order valence-corrected chi connectivity index (χ1v) is 4.76. The molecule has 0 fully saturated rings. The van der Waals surface area contributed by atoms with Crippen LogP contribution in [0.5, 0.6) is 0 Å². The number of hydrogen-bond acceptors (Lipinski definition) is 2. The monoisotopic (exact) mass is 244 g/mol. The van der Waals surface area contributed by atoms with Crippen molar-refractivity contribution in [3.05, 3.63) is 23.3 Å². The molecule has 84 valence electrons. The molecule has 0 aromatic rings. The first-order valence-electron chi connectivity index (χ1n) is 4.36. The second kappa shape index (κ2) is 4.18. The predicted molar refractivity (Wildman–Crippen MR) is 58.2 cm³/mol. The number of aliphatic imine (C=N–C) groups is 1. The molecular formula is C10H7F3N2S. The number of alkyl halides is 3. The molecule has 0 spiro atoms. The highest BCUT2D eigenvalue weighted by molar-refractivity contribution is 7.80. The fourth-order valence-electron chi connectivity index (χ4n) is 1.36. The maximum absolute atomic E-state index is 12.7. The summed E-state index contributed by atoms with van der Waals surface area (Å²) in [6, 6.07) is 1.44. The van der Waals surface area contributed by atoms with Gasteiger partial charge in [-0.25, -0.2) is 4.99 Å². The van der Waals surface area contributed by atoms with E-state index in [0.29, 0.717) is 0 Å². The Morgan fingerprint density at radius 2 is 2.06 bits per heavy atom. The Balaban J connectivity index is 3.44. The molecule has 0 saturated carbocycles. The molecule has 0 radical (unpaired) electrons. The van der Waals surface area contributed by atoms with E-state index in [9.17, 15) is 13.2 Å². The quantitative estimate of drug-likeness (QED) is 0.664. The van der Waals surface area contributed by atoms with Crippen molar-refractivity contribution < 1.29 is 13.2 Å². The van der Waals surface area contributed by atoms with Crippen LogP contribution in [0.1, 0.15) is 13.3 Å². The highest BCUT2D eigenvalue weighted by Crippen LogP contribution is 2.36. The minimum Gasteiger partial charge on any atom is -0.240 e. The summed E-state index contributed by atoms with van der Waals surface area (Å²) in [6.45, 7) is 4.98. The molecule has 16 heavy (non-hydrogen) atoms. The lowest BCUT2D eigenvalue weighted by Gasteiger charge is -2.21. The summed E-state index contributed by atoms with van der Waals surface area (Å²) < 4.78 is 38.2. The van der Waals surface area contributed by atoms with E-state index in [1.807, 2.05) is 0 Å². The van der Waals surface area contributed by atoms with Gasteiger partial charge in [-0.15, -0.1) is 0 Å². The predicted octanol–water partition coefficient (Wildman–Crippen LogP) is 3.12. The molecule has 1 aliphatic rings. The zero-order chi connectivity index (χ0) is 12.5. The van der Waals surface area contributed by atoms with Crippen LogP contribution in [0.2, 0.25) is 0 Å². The molecule has 0 saturated heterocycles. The minimum absolute atomic E-state index is 0.177. The molecule has 0 unspecified atom stereocenters. The van der Waals surface area contributed by atoms with E-state index in [1.165, 1.54) is 6.07 Å². The van der Waals surface area contributed by atoms with Crippen LogP contribution in [-0.2, 0) is 0 Å². The van der Waals surface area contributed by atoms with Gasteiger partial charge < -0.3 is 0 Å². The summed E-state index contributed by atoms with van der Waals surface area (Å²) in [6.07, 6.45) is -4.35. The van der Waals surface area contributed by atoms with E-state index in [2.05, 4.69) is 23.8 Å². The molecule has 0 amide bonds. The van der Waals surface area contributed by atoms with Crippen molar-refractivity contribution in [3.8, 4) is 6.07 Å². The molecule has 2 nitrogen and oxygen atoms in total. The van der Waals surface area contributed by atoms with Gasteiger partial charge in [-0.1, -0.05) is 25.7 Å². The number of halogens is 3. The lowest BCUT2D eigenvalue weighted by molar-refractivity contribution is -0.0891. The molecule has 1 heterocycles. The topological polar surface area (TPSA) is 36.1 Å². The summed E-state index contributed by atoms with van der Waals surface area (Å²) in [5.41, 5.74) is -1.77. The van der Waals surface area contributed by atoms with Crippen LogP contribution in [0.4, 0.5) is 13.2 Å². The van der Waals surface area contributed by atoms with Crippen LogP contribution in [0.3, 0.4) is 0 Å². The highest BCUT2D eigenvalue weighted by Gasteiger charge is 2.41. The lowest BCUT2D eigenvalue weighted by atomic mass is 9.93. The van der Waals surface area contributed by atoms with Gasteiger partial charge in [-0.3, -0.25) is 0 Å². The van der Waals surface area contributed by atoms with Gasteiger partial charge in [-0.2, -0.15) is 18.4 Å². The Hall–Kier alpha value is -1.48. The van der Waals surface area contributed by atoms with Gasteiger partial charge in [-0.05, 0) is 6.42 Å². The molecule has 0 aromatic heterocycles. The minimum atomic E-state index is -4.64. The van der Waals surface area contributed by atoms with Crippen LogP contribution in [-0.4, -0.2) is 16.9 Å². The zero-order valence-corrected chi connectivity index (χ0v) is 9.17. The van der Waals surface area contributed by atoms with Crippen LogP contribution in [0.15, 0.2) is 28.3 Å². The van der Waals surface area contributed by atoms with E-state index in [4.69, 9.17) is 5.26 Å². The van der Waals surface area contributed by atoms with Crippen LogP contribution in [0.25, 0.3) is 0 Å². The summed E-state index contributed by atoms with van der Waals surface area (Å²) in [5.74, 6) is 0. The average molecular weight is 244 g/mol. The second-order valence-corrected chi connectivity index (χ2v) is 3.44. The van der Waals surface area contributed by atoms with Crippen molar-refractivity contribution in [1.82, 2.24) is 0 Å². The van der Waals surface area contributed by atoms with Crippen LogP contribution in [0, 0.1) is 11.3 Å². The first-order chi connectivity index (χ1) is 7.32. The third kappa shape index (κ3) is 2.04. The van der Waals surface area contributed by atoms with Crippen molar-refractivity contribution in [1.29, 1.82) is 5.26 Å². The number of allylic oxidation sites excluding steroid dienone is 2. The SMILES string of the molecule is C=C1C(CC)=NC(=S)C(C#N)=C1C(F)(F)F. The van der Waals surface area contributed by atoms with Crippen LogP contribution < -0.4 is 0 Å². The van der Waals surface area contributed by atoms with Crippen molar-refractivity contribution >= 4 is 22.9 Å². The third-order valence-corrected chi connectivity index (χ3v) is 2.38. The van der Waals surface area contributed by atoms with Crippen molar-refractivity contribution in [2.24, 2.45) is 4.99 Å². The van der Waals surface area contributed by atoms with Gasteiger partial charge in [0.25, 0.3) is 0 Å². The second-order valence-electron chi connectivity index (χ2n) is 3.06. The van der Waals surface area contributed by atoms with E-state index >= 15 is 0 Å². The maximum Gasteiger partial charge on any atom is 0.418 e. The number of nitriles is 1. The Labute approximate surface area is 95.8 Å². The number of nitrogens with zero attached hydrogens (tertiary/aromatic N) is 2. The third-order valence-electron chi connectivity index (χ3n) is 2.08.